The predicted octanol–water partition coefficient (Wildman–Crippen LogP) is 1.10. The van der Waals surface area contributed by atoms with Crippen LogP contribution < -0.4 is 10.6 Å². The molecule has 0 fully saturated rings. The van der Waals surface area contributed by atoms with Gasteiger partial charge in [-0.15, -0.1) is 0 Å². The first-order valence-electron chi connectivity index (χ1n) is 6.51. The summed E-state index contributed by atoms with van der Waals surface area (Å²) in [5.41, 5.74) is 1.12. The average molecular weight is 277 g/mol. The van der Waals surface area contributed by atoms with E-state index in [1.165, 1.54) is 0 Å². The Kier molecular flexibility index (Phi) is 4.52. The van der Waals surface area contributed by atoms with Crippen LogP contribution in [0.2, 0.25) is 0 Å². The summed E-state index contributed by atoms with van der Waals surface area (Å²) in [6.07, 6.45) is 3.77. The number of carbonyl (C=O) groups is 1. The molecule has 2 heterocycles. The van der Waals surface area contributed by atoms with Gasteiger partial charge >= 0.3 is 0 Å². The summed E-state index contributed by atoms with van der Waals surface area (Å²) in [6, 6.07) is 1.36. The van der Waals surface area contributed by atoms with Gasteiger partial charge in [0.1, 0.15) is 5.76 Å². The van der Waals surface area contributed by atoms with Crippen LogP contribution in [-0.4, -0.2) is 33.4 Å². The molecule has 1 atom stereocenters. The van der Waals surface area contributed by atoms with E-state index < -0.39 is 0 Å². The highest BCUT2D eigenvalue weighted by molar-refractivity contribution is 5.93. The number of aryl methyl sites for hydroxylation is 2. The molecule has 7 nitrogen and oxygen atoms in total. The van der Waals surface area contributed by atoms with Crippen LogP contribution in [0, 0.1) is 13.8 Å². The monoisotopic (exact) mass is 277 g/mol. The molecule has 0 unspecified atom stereocenters. The van der Waals surface area contributed by atoms with E-state index in [1.807, 2.05) is 24.0 Å². The molecule has 0 saturated carbocycles. The first-order chi connectivity index (χ1) is 9.54. The fraction of sp³-hybridized carbons (Fsp3) is 0.462. The quantitative estimate of drug-likeness (QED) is 0.826. The molecule has 2 N–H and O–H groups in total. The second kappa shape index (κ2) is 6.33. The molecule has 2 aromatic heterocycles. The first kappa shape index (κ1) is 14.3. The Morgan fingerprint density at radius 3 is 2.90 bits per heavy atom. The van der Waals surface area contributed by atoms with E-state index >= 15 is 0 Å². The molecule has 20 heavy (non-hydrogen) atoms. The van der Waals surface area contributed by atoms with Gasteiger partial charge in [-0.2, -0.15) is 5.10 Å². The first-order valence-corrected chi connectivity index (χ1v) is 6.51. The molecular formula is C13H19N5O2. The smallest absolute Gasteiger partial charge is 0.242 e. The lowest BCUT2D eigenvalue weighted by Gasteiger charge is -2.12. The summed E-state index contributed by atoms with van der Waals surface area (Å²) in [6.45, 7) is 6.95. The Labute approximate surface area is 117 Å². The van der Waals surface area contributed by atoms with E-state index in [0.29, 0.717) is 24.7 Å². The Balaban J connectivity index is 1.73. The molecule has 0 radical (unpaired) electrons. The maximum atomic E-state index is 11.9. The van der Waals surface area contributed by atoms with Crippen molar-refractivity contribution in [2.45, 2.75) is 33.4 Å². The Bertz CT molecular complexity index is 575. The van der Waals surface area contributed by atoms with Crippen molar-refractivity contribution in [3.8, 4) is 0 Å². The van der Waals surface area contributed by atoms with Crippen LogP contribution in [0.5, 0.6) is 0 Å². The Hall–Kier alpha value is -2.15. The van der Waals surface area contributed by atoms with Crippen molar-refractivity contribution in [2.75, 3.05) is 11.9 Å². The number of aromatic nitrogens is 3. The minimum absolute atomic E-state index is 0.144. The third-order valence-electron chi connectivity index (χ3n) is 2.83. The minimum atomic E-state index is -0.316. The van der Waals surface area contributed by atoms with Crippen molar-refractivity contribution in [1.29, 1.82) is 0 Å². The molecule has 2 rings (SSSR count). The van der Waals surface area contributed by atoms with Crippen molar-refractivity contribution in [3.63, 3.8) is 0 Å². The second-order valence-electron chi connectivity index (χ2n) is 4.77. The van der Waals surface area contributed by atoms with Crippen molar-refractivity contribution in [1.82, 2.24) is 20.3 Å². The Morgan fingerprint density at radius 1 is 1.50 bits per heavy atom. The highest BCUT2D eigenvalue weighted by atomic mass is 16.5. The molecule has 0 aliphatic rings. The lowest BCUT2D eigenvalue weighted by molar-refractivity contribution is -0.117. The molecule has 0 aromatic carbocycles. The zero-order valence-corrected chi connectivity index (χ0v) is 11.9. The van der Waals surface area contributed by atoms with Gasteiger partial charge in [0, 0.05) is 18.8 Å². The van der Waals surface area contributed by atoms with Gasteiger partial charge in [0.2, 0.25) is 5.91 Å². The van der Waals surface area contributed by atoms with Crippen molar-refractivity contribution in [3.05, 3.63) is 29.8 Å². The SMILES string of the molecule is Cc1cnn(CCN[C@H](C)C(=O)Nc2cc(C)on2)c1. The fourth-order valence-electron chi connectivity index (χ4n) is 1.74. The van der Waals surface area contributed by atoms with Crippen LogP contribution >= 0.6 is 0 Å². The largest absolute Gasteiger partial charge is 0.360 e. The lowest BCUT2D eigenvalue weighted by atomic mass is 10.3. The summed E-state index contributed by atoms with van der Waals surface area (Å²) >= 11 is 0. The number of anilines is 1. The molecule has 0 aliphatic heterocycles. The molecule has 0 aliphatic carbocycles. The molecule has 1 amide bonds. The van der Waals surface area contributed by atoms with Gasteiger partial charge in [0.25, 0.3) is 0 Å². The van der Waals surface area contributed by atoms with Crippen LogP contribution in [0.25, 0.3) is 0 Å². The number of rotatable bonds is 6. The molecular weight excluding hydrogens is 258 g/mol. The van der Waals surface area contributed by atoms with E-state index in [0.717, 1.165) is 5.56 Å². The highest BCUT2D eigenvalue weighted by Crippen LogP contribution is 2.07. The number of carbonyl (C=O) groups excluding carboxylic acids is 1. The predicted molar refractivity (Wildman–Crippen MR) is 74.3 cm³/mol. The van der Waals surface area contributed by atoms with E-state index in [9.17, 15) is 4.79 Å². The molecule has 7 heteroatoms. The molecule has 2 aromatic rings. The molecule has 108 valence electrons. The highest BCUT2D eigenvalue weighted by Gasteiger charge is 2.13. The van der Waals surface area contributed by atoms with Gasteiger partial charge in [-0.05, 0) is 26.3 Å². The summed E-state index contributed by atoms with van der Waals surface area (Å²) in [5.74, 6) is 0.953. The van der Waals surface area contributed by atoms with Crippen LogP contribution in [0.3, 0.4) is 0 Å². The van der Waals surface area contributed by atoms with Gasteiger partial charge < -0.3 is 15.2 Å². The minimum Gasteiger partial charge on any atom is -0.360 e. The third-order valence-corrected chi connectivity index (χ3v) is 2.83. The fourth-order valence-corrected chi connectivity index (χ4v) is 1.74. The number of hydrogen-bond donors (Lipinski definition) is 2. The van der Waals surface area contributed by atoms with E-state index in [4.69, 9.17) is 4.52 Å². The average Bonchev–Trinajstić information content (AvgIpc) is 2.98. The Morgan fingerprint density at radius 2 is 2.30 bits per heavy atom. The third kappa shape index (κ3) is 3.92. The summed E-state index contributed by atoms with van der Waals surface area (Å²) in [4.78, 5) is 11.9. The summed E-state index contributed by atoms with van der Waals surface area (Å²) in [7, 11) is 0. The van der Waals surface area contributed by atoms with E-state index in [2.05, 4.69) is 20.9 Å². The molecule has 0 saturated heterocycles. The topological polar surface area (TPSA) is 85.0 Å². The van der Waals surface area contributed by atoms with E-state index in [1.54, 1.807) is 19.9 Å². The number of hydrogen-bond acceptors (Lipinski definition) is 5. The molecule has 0 spiro atoms. The normalized spacial score (nSPS) is 12.3. The zero-order valence-electron chi connectivity index (χ0n) is 11.9. The van der Waals surface area contributed by atoms with Crippen LogP contribution in [0.1, 0.15) is 18.2 Å². The van der Waals surface area contributed by atoms with Crippen LogP contribution in [0.4, 0.5) is 5.82 Å². The maximum Gasteiger partial charge on any atom is 0.242 e. The summed E-state index contributed by atoms with van der Waals surface area (Å²) in [5, 5.41) is 13.7. The standard InChI is InChI=1S/C13H19N5O2/c1-9-7-15-18(8-9)5-4-14-11(3)13(19)16-12-6-10(2)20-17-12/h6-8,11,14H,4-5H2,1-3H3,(H,16,17,19)/t11-/m1/s1. The lowest BCUT2D eigenvalue weighted by Crippen LogP contribution is -2.39. The van der Waals surface area contributed by atoms with Gasteiger partial charge in [-0.1, -0.05) is 5.16 Å². The van der Waals surface area contributed by atoms with Gasteiger partial charge in [-0.3, -0.25) is 9.48 Å². The zero-order chi connectivity index (χ0) is 14.5. The van der Waals surface area contributed by atoms with Crippen LogP contribution in [-0.2, 0) is 11.3 Å². The molecule has 0 bridgehead atoms. The van der Waals surface area contributed by atoms with E-state index in [-0.39, 0.29) is 11.9 Å². The van der Waals surface area contributed by atoms with Gasteiger partial charge in [-0.25, -0.2) is 0 Å². The number of nitrogens with one attached hydrogen (secondary N) is 2. The van der Waals surface area contributed by atoms with Gasteiger partial charge in [0.15, 0.2) is 5.82 Å². The van der Waals surface area contributed by atoms with Crippen molar-refractivity contribution in [2.24, 2.45) is 0 Å². The summed E-state index contributed by atoms with van der Waals surface area (Å²) < 4.78 is 6.73. The number of amides is 1. The second-order valence-corrected chi connectivity index (χ2v) is 4.77. The number of nitrogens with zero attached hydrogens (tertiary/aromatic N) is 3. The van der Waals surface area contributed by atoms with Gasteiger partial charge in [0.05, 0.1) is 18.8 Å². The van der Waals surface area contributed by atoms with Crippen molar-refractivity contribution >= 4 is 11.7 Å². The van der Waals surface area contributed by atoms with Crippen molar-refractivity contribution < 1.29 is 9.32 Å². The maximum absolute atomic E-state index is 11.9. The van der Waals surface area contributed by atoms with Crippen LogP contribution in [0.15, 0.2) is 23.0 Å².